The lowest BCUT2D eigenvalue weighted by Gasteiger charge is -2.08. The van der Waals surface area contributed by atoms with E-state index < -0.39 is 10.0 Å². The fourth-order valence-electron chi connectivity index (χ4n) is 2.33. The largest absolute Gasteiger partial charge is 0.497 e. The highest BCUT2D eigenvalue weighted by Gasteiger charge is 2.15. The van der Waals surface area contributed by atoms with Crippen LogP contribution in [0.5, 0.6) is 5.75 Å². The van der Waals surface area contributed by atoms with Gasteiger partial charge < -0.3 is 4.74 Å². The van der Waals surface area contributed by atoms with Crippen LogP contribution in [0.25, 0.3) is 0 Å². The molecule has 0 aliphatic rings. The monoisotopic (exact) mass is 323 g/mol. The van der Waals surface area contributed by atoms with E-state index in [0.717, 1.165) is 17.0 Å². The second-order valence-electron chi connectivity index (χ2n) is 5.10. The maximum absolute atomic E-state index is 12.2. The minimum Gasteiger partial charge on any atom is -0.497 e. The van der Waals surface area contributed by atoms with Gasteiger partial charge in [0.25, 0.3) is 0 Å². The lowest BCUT2D eigenvalue weighted by Crippen LogP contribution is -2.26. The van der Waals surface area contributed by atoms with Gasteiger partial charge in [-0.05, 0) is 50.1 Å². The van der Waals surface area contributed by atoms with Gasteiger partial charge >= 0.3 is 0 Å². The van der Waals surface area contributed by atoms with E-state index in [-0.39, 0.29) is 4.90 Å². The molecule has 1 aromatic heterocycles. The van der Waals surface area contributed by atoms with Gasteiger partial charge in [0.05, 0.1) is 17.7 Å². The van der Waals surface area contributed by atoms with Crippen LogP contribution < -0.4 is 9.46 Å². The van der Waals surface area contributed by atoms with Crippen LogP contribution in [0.4, 0.5) is 0 Å². The van der Waals surface area contributed by atoms with Crippen molar-refractivity contribution in [3.63, 3.8) is 0 Å². The van der Waals surface area contributed by atoms with Crippen LogP contribution in [-0.4, -0.2) is 31.9 Å². The Balaban J connectivity index is 2.03. The van der Waals surface area contributed by atoms with E-state index in [1.165, 1.54) is 12.1 Å². The van der Waals surface area contributed by atoms with E-state index in [1.54, 1.807) is 19.2 Å². The van der Waals surface area contributed by atoms with Crippen molar-refractivity contribution >= 4 is 10.0 Å². The first-order valence-corrected chi connectivity index (χ1v) is 8.46. The summed E-state index contributed by atoms with van der Waals surface area (Å²) in [5.41, 5.74) is 3.07. The third kappa shape index (κ3) is 3.48. The first-order chi connectivity index (χ1) is 10.3. The summed E-state index contributed by atoms with van der Waals surface area (Å²) in [7, 11) is -0.0828. The molecule has 7 heteroatoms. The third-order valence-electron chi connectivity index (χ3n) is 3.70. The number of methoxy groups -OCH3 is 1. The normalized spacial score (nSPS) is 11.6. The predicted octanol–water partition coefficient (Wildman–Crippen LogP) is 1.57. The van der Waals surface area contributed by atoms with Crippen molar-refractivity contribution in [1.82, 2.24) is 14.5 Å². The first kappa shape index (κ1) is 16.5. The number of ether oxygens (including phenoxy) is 1. The maximum Gasteiger partial charge on any atom is 0.240 e. The Kier molecular flexibility index (Phi) is 4.87. The van der Waals surface area contributed by atoms with Crippen LogP contribution in [0, 0.1) is 13.8 Å². The SMILES string of the molecule is COc1ccc(S(=O)(=O)NCCc2c(C)nn(C)c2C)cc1. The van der Waals surface area contributed by atoms with E-state index in [2.05, 4.69) is 9.82 Å². The van der Waals surface area contributed by atoms with Crippen LogP contribution in [0.1, 0.15) is 17.0 Å². The van der Waals surface area contributed by atoms with E-state index in [0.29, 0.717) is 18.7 Å². The van der Waals surface area contributed by atoms with Crippen molar-refractivity contribution in [3.8, 4) is 5.75 Å². The van der Waals surface area contributed by atoms with Gasteiger partial charge in [-0.15, -0.1) is 0 Å². The Labute approximate surface area is 131 Å². The molecule has 0 saturated carbocycles. The zero-order valence-corrected chi connectivity index (χ0v) is 14.1. The Hall–Kier alpha value is -1.86. The summed E-state index contributed by atoms with van der Waals surface area (Å²) < 4.78 is 33.9. The number of aryl methyl sites for hydroxylation is 2. The van der Waals surface area contributed by atoms with Gasteiger partial charge in [0.1, 0.15) is 5.75 Å². The lowest BCUT2D eigenvalue weighted by atomic mass is 10.1. The summed E-state index contributed by atoms with van der Waals surface area (Å²) in [5, 5.41) is 4.33. The lowest BCUT2D eigenvalue weighted by molar-refractivity contribution is 0.414. The van der Waals surface area contributed by atoms with Gasteiger partial charge in [-0.2, -0.15) is 5.10 Å². The molecule has 0 spiro atoms. The van der Waals surface area contributed by atoms with Crippen LogP contribution >= 0.6 is 0 Å². The third-order valence-corrected chi connectivity index (χ3v) is 5.17. The predicted molar refractivity (Wildman–Crippen MR) is 84.6 cm³/mol. The van der Waals surface area contributed by atoms with Gasteiger partial charge in [0.2, 0.25) is 10.0 Å². The van der Waals surface area contributed by atoms with Gasteiger partial charge in [-0.3, -0.25) is 4.68 Å². The minimum absolute atomic E-state index is 0.230. The summed E-state index contributed by atoms with van der Waals surface area (Å²) in [6.45, 7) is 4.25. The molecule has 6 nitrogen and oxygen atoms in total. The second-order valence-corrected chi connectivity index (χ2v) is 6.86. The van der Waals surface area contributed by atoms with Crippen molar-refractivity contribution in [2.45, 2.75) is 25.2 Å². The summed E-state index contributed by atoms with van der Waals surface area (Å²) in [6.07, 6.45) is 0.612. The molecule has 0 radical (unpaired) electrons. The van der Waals surface area contributed by atoms with E-state index >= 15 is 0 Å². The molecule has 0 fully saturated rings. The highest BCUT2D eigenvalue weighted by atomic mass is 32.2. The molecular weight excluding hydrogens is 302 g/mol. The molecule has 1 heterocycles. The highest BCUT2D eigenvalue weighted by molar-refractivity contribution is 7.89. The molecule has 0 aliphatic carbocycles. The quantitative estimate of drug-likeness (QED) is 0.876. The van der Waals surface area contributed by atoms with Crippen molar-refractivity contribution in [1.29, 1.82) is 0 Å². The fourth-order valence-corrected chi connectivity index (χ4v) is 3.36. The number of nitrogens with zero attached hydrogens (tertiary/aromatic N) is 2. The average Bonchev–Trinajstić information content (AvgIpc) is 2.73. The van der Waals surface area contributed by atoms with E-state index in [9.17, 15) is 8.42 Å². The first-order valence-electron chi connectivity index (χ1n) is 6.98. The Morgan fingerprint density at radius 1 is 1.23 bits per heavy atom. The average molecular weight is 323 g/mol. The molecule has 0 saturated heterocycles. The number of benzene rings is 1. The smallest absolute Gasteiger partial charge is 0.240 e. The molecule has 0 aliphatic heterocycles. The molecule has 0 unspecified atom stereocenters. The minimum atomic E-state index is -3.51. The Morgan fingerprint density at radius 2 is 1.86 bits per heavy atom. The molecule has 120 valence electrons. The standard InChI is InChI=1S/C15H21N3O3S/c1-11-15(12(2)18(3)17-11)9-10-16-22(19,20)14-7-5-13(21-4)6-8-14/h5-8,16H,9-10H2,1-4H3. The van der Waals surface area contributed by atoms with Gasteiger partial charge in [-0.1, -0.05) is 0 Å². The number of sulfonamides is 1. The molecule has 0 atom stereocenters. The number of hydrogen-bond donors (Lipinski definition) is 1. The van der Waals surface area contributed by atoms with Crippen LogP contribution in [-0.2, 0) is 23.5 Å². The summed E-state index contributed by atoms with van der Waals surface area (Å²) >= 11 is 0. The van der Waals surface area contributed by atoms with E-state index in [4.69, 9.17) is 4.74 Å². The molecule has 1 N–H and O–H groups in total. The molecule has 1 aromatic carbocycles. The van der Waals surface area contributed by atoms with Crippen molar-refractivity contribution in [3.05, 3.63) is 41.2 Å². The topological polar surface area (TPSA) is 73.2 Å². The van der Waals surface area contributed by atoms with Gasteiger partial charge in [0.15, 0.2) is 0 Å². The van der Waals surface area contributed by atoms with Gasteiger partial charge in [0, 0.05) is 19.3 Å². The summed E-state index contributed by atoms with van der Waals surface area (Å²) in [4.78, 5) is 0.230. The molecule has 0 amide bonds. The zero-order chi connectivity index (χ0) is 16.3. The molecule has 2 rings (SSSR count). The fraction of sp³-hybridized carbons (Fsp3) is 0.400. The van der Waals surface area contributed by atoms with Crippen LogP contribution in [0.15, 0.2) is 29.2 Å². The Bertz CT molecular complexity index is 749. The van der Waals surface area contributed by atoms with Crippen molar-refractivity contribution in [2.24, 2.45) is 7.05 Å². The second kappa shape index (κ2) is 6.50. The number of hydrogen-bond acceptors (Lipinski definition) is 4. The number of aromatic nitrogens is 2. The van der Waals surface area contributed by atoms with Crippen LogP contribution in [0.3, 0.4) is 0 Å². The number of nitrogens with one attached hydrogen (secondary N) is 1. The summed E-state index contributed by atoms with van der Waals surface area (Å²) in [5.74, 6) is 0.626. The van der Waals surface area contributed by atoms with Gasteiger partial charge in [-0.25, -0.2) is 13.1 Å². The molecule has 22 heavy (non-hydrogen) atoms. The van der Waals surface area contributed by atoms with Crippen molar-refractivity contribution < 1.29 is 13.2 Å². The summed E-state index contributed by atoms with van der Waals surface area (Å²) in [6, 6.07) is 6.32. The van der Waals surface area contributed by atoms with Crippen molar-refractivity contribution in [2.75, 3.05) is 13.7 Å². The Morgan fingerprint density at radius 3 is 2.36 bits per heavy atom. The molecular formula is C15H21N3O3S. The number of rotatable bonds is 6. The maximum atomic E-state index is 12.2. The molecule has 2 aromatic rings. The highest BCUT2D eigenvalue weighted by Crippen LogP contribution is 2.16. The zero-order valence-electron chi connectivity index (χ0n) is 13.3. The molecule has 0 bridgehead atoms. The van der Waals surface area contributed by atoms with E-state index in [1.807, 2.05) is 25.6 Å². The van der Waals surface area contributed by atoms with Crippen LogP contribution in [0.2, 0.25) is 0 Å².